The summed E-state index contributed by atoms with van der Waals surface area (Å²) in [5.41, 5.74) is 16.2. The third kappa shape index (κ3) is 4.81. The van der Waals surface area contributed by atoms with Crippen LogP contribution in [0.3, 0.4) is 0 Å². The normalized spacial score (nSPS) is 16.7. The van der Waals surface area contributed by atoms with Gasteiger partial charge in [0.2, 0.25) is 0 Å². The minimum absolute atomic E-state index is 0.0479. The van der Waals surface area contributed by atoms with E-state index in [-0.39, 0.29) is 35.8 Å². The number of aryl methyl sites for hydroxylation is 1. The van der Waals surface area contributed by atoms with Crippen LogP contribution in [0.25, 0.3) is 33.6 Å². The topological polar surface area (TPSA) is 155 Å². The summed E-state index contributed by atoms with van der Waals surface area (Å²) in [4.78, 5) is 27.6. The molecule has 196 valence electrons. The van der Waals surface area contributed by atoms with Crippen LogP contribution in [0.4, 0.5) is 10.1 Å². The second-order valence-corrected chi connectivity index (χ2v) is 9.50. The van der Waals surface area contributed by atoms with Crippen molar-refractivity contribution < 1.29 is 14.3 Å². The van der Waals surface area contributed by atoms with Crippen molar-refractivity contribution in [3.63, 3.8) is 0 Å². The Balaban J connectivity index is 1.73. The second kappa shape index (κ2) is 10.6. The number of carbonyl (C=O) groups excluding carboxylic acids is 1. The van der Waals surface area contributed by atoms with Crippen molar-refractivity contribution in [3.8, 4) is 39.7 Å². The molecule has 1 aliphatic rings. The van der Waals surface area contributed by atoms with Gasteiger partial charge in [-0.25, -0.2) is 14.4 Å². The summed E-state index contributed by atoms with van der Waals surface area (Å²) in [5, 5.41) is 19.8. The summed E-state index contributed by atoms with van der Waals surface area (Å²) < 4.78 is 14.7. The van der Waals surface area contributed by atoms with E-state index in [9.17, 15) is 19.6 Å². The standard InChI is InChI=1S/C29H26FN7O2/c1-16-3-2-4-24(30)26(16)29-35-13-23(27(36-29)28(33)39)21-6-5-17(22-12-34-8-7-18(22)11-31)9-25(21)37-14-19(32)10-20(37)15-38/h2-9,12-13,19-20,38H,10,14-15,32H2,1H3,(H2,33,39)/t19-,20-/m0/s1. The number of pyridine rings is 1. The molecule has 2 aromatic carbocycles. The van der Waals surface area contributed by atoms with Crippen molar-refractivity contribution in [2.45, 2.75) is 25.4 Å². The molecule has 2 atom stereocenters. The molecule has 0 unspecified atom stereocenters. The Hall–Kier alpha value is -4.72. The summed E-state index contributed by atoms with van der Waals surface area (Å²) in [5.74, 6) is -1.26. The number of carbonyl (C=O) groups is 1. The number of nitrogens with two attached hydrogens (primary N) is 2. The van der Waals surface area contributed by atoms with Crippen LogP contribution in [0.2, 0.25) is 0 Å². The van der Waals surface area contributed by atoms with Crippen LogP contribution in [-0.2, 0) is 0 Å². The molecular weight excluding hydrogens is 497 g/mol. The first-order valence-corrected chi connectivity index (χ1v) is 12.4. The van der Waals surface area contributed by atoms with Crippen molar-refractivity contribution >= 4 is 11.6 Å². The van der Waals surface area contributed by atoms with Gasteiger partial charge in [-0.05, 0) is 42.7 Å². The van der Waals surface area contributed by atoms with Crippen LogP contribution in [-0.4, -0.2) is 51.2 Å². The van der Waals surface area contributed by atoms with Gasteiger partial charge in [0.1, 0.15) is 11.5 Å². The number of hydrogen-bond acceptors (Lipinski definition) is 8. The van der Waals surface area contributed by atoms with Crippen LogP contribution in [0.5, 0.6) is 0 Å². The fourth-order valence-electron chi connectivity index (χ4n) is 5.11. The number of aliphatic hydroxyl groups is 1. The van der Waals surface area contributed by atoms with Crippen LogP contribution in [0.15, 0.2) is 61.1 Å². The summed E-state index contributed by atoms with van der Waals surface area (Å²) in [6.45, 7) is 2.06. The van der Waals surface area contributed by atoms with Crippen LogP contribution < -0.4 is 16.4 Å². The zero-order valence-corrected chi connectivity index (χ0v) is 21.2. The fourth-order valence-corrected chi connectivity index (χ4v) is 5.11. The number of benzene rings is 2. The first-order valence-electron chi connectivity index (χ1n) is 12.4. The highest BCUT2D eigenvalue weighted by atomic mass is 19.1. The first kappa shape index (κ1) is 25.9. The molecule has 39 heavy (non-hydrogen) atoms. The van der Waals surface area contributed by atoms with Crippen molar-refractivity contribution in [3.05, 3.63) is 83.7 Å². The maximum absolute atomic E-state index is 14.7. The highest BCUT2D eigenvalue weighted by Crippen LogP contribution is 2.40. The Morgan fingerprint density at radius 1 is 1.21 bits per heavy atom. The number of rotatable bonds is 6. The van der Waals surface area contributed by atoms with E-state index in [2.05, 4.69) is 21.0 Å². The maximum atomic E-state index is 14.7. The lowest BCUT2D eigenvalue weighted by molar-refractivity contribution is 0.0996. The van der Waals surface area contributed by atoms with Gasteiger partial charge in [-0.3, -0.25) is 9.78 Å². The molecule has 9 nitrogen and oxygen atoms in total. The molecule has 0 spiro atoms. The number of aromatic nitrogens is 3. The van der Waals surface area contributed by atoms with E-state index in [1.165, 1.54) is 12.3 Å². The lowest BCUT2D eigenvalue weighted by Crippen LogP contribution is -2.33. The Kier molecular flexibility index (Phi) is 7.02. The number of nitrogens with zero attached hydrogens (tertiary/aromatic N) is 5. The number of primary amides is 1. The number of hydrogen-bond donors (Lipinski definition) is 3. The van der Waals surface area contributed by atoms with E-state index >= 15 is 0 Å². The third-order valence-electron chi connectivity index (χ3n) is 6.98. The minimum atomic E-state index is -0.798. The lowest BCUT2D eigenvalue weighted by Gasteiger charge is -2.28. The number of anilines is 1. The highest BCUT2D eigenvalue weighted by Gasteiger charge is 2.32. The smallest absolute Gasteiger partial charge is 0.268 e. The largest absolute Gasteiger partial charge is 0.394 e. The predicted octanol–water partition coefficient (Wildman–Crippen LogP) is 3.19. The van der Waals surface area contributed by atoms with E-state index in [1.54, 1.807) is 49.6 Å². The van der Waals surface area contributed by atoms with Gasteiger partial charge in [-0.15, -0.1) is 0 Å². The van der Waals surface area contributed by atoms with Gasteiger partial charge in [-0.1, -0.05) is 24.3 Å². The van der Waals surface area contributed by atoms with Gasteiger partial charge in [0.25, 0.3) is 5.91 Å². The zero-order valence-electron chi connectivity index (χ0n) is 21.2. The van der Waals surface area contributed by atoms with Crippen LogP contribution in [0, 0.1) is 24.1 Å². The van der Waals surface area contributed by atoms with Crippen LogP contribution in [0.1, 0.15) is 28.0 Å². The maximum Gasteiger partial charge on any atom is 0.268 e. The van der Waals surface area contributed by atoms with E-state index < -0.39 is 11.7 Å². The monoisotopic (exact) mass is 523 g/mol. The van der Waals surface area contributed by atoms with Crippen molar-refractivity contribution in [1.82, 2.24) is 15.0 Å². The van der Waals surface area contributed by atoms with Gasteiger partial charge >= 0.3 is 0 Å². The molecule has 1 fully saturated rings. The molecular formula is C29H26FN7O2. The fraction of sp³-hybridized carbons (Fsp3) is 0.207. The van der Waals surface area contributed by atoms with Gasteiger partial charge < -0.3 is 21.5 Å². The van der Waals surface area contributed by atoms with Gasteiger partial charge in [0.05, 0.1) is 29.8 Å². The molecule has 5 N–H and O–H groups in total. The molecule has 5 rings (SSSR count). The summed E-state index contributed by atoms with van der Waals surface area (Å²) in [6.07, 6.45) is 5.19. The number of halogens is 1. The highest BCUT2D eigenvalue weighted by molar-refractivity contribution is 6.00. The van der Waals surface area contributed by atoms with Crippen LogP contribution >= 0.6 is 0 Å². The van der Waals surface area contributed by atoms with E-state index in [1.807, 2.05) is 11.0 Å². The molecule has 1 saturated heterocycles. The third-order valence-corrected chi connectivity index (χ3v) is 6.98. The van der Waals surface area contributed by atoms with Crippen molar-refractivity contribution in [1.29, 1.82) is 5.26 Å². The Morgan fingerprint density at radius 3 is 2.74 bits per heavy atom. The summed E-state index contributed by atoms with van der Waals surface area (Å²) >= 11 is 0. The molecule has 4 aromatic rings. The average molecular weight is 524 g/mol. The van der Waals surface area contributed by atoms with E-state index in [0.29, 0.717) is 46.5 Å². The van der Waals surface area contributed by atoms with E-state index in [0.717, 1.165) is 5.56 Å². The Labute approximate surface area is 224 Å². The van der Waals surface area contributed by atoms with E-state index in [4.69, 9.17) is 11.5 Å². The van der Waals surface area contributed by atoms with Crippen molar-refractivity contribution in [2.24, 2.45) is 11.5 Å². The molecule has 3 heterocycles. The molecule has 10 heteroatoms. The average Bonchev–Trinajstić information content (AvgIpc) is 3.33. The van der Waals surface area contributed by atoms with Gasteiger partial charge in [-0.2, -0.15) is 5.26 Å². The number of nitriles is 1. The molecule has 1 aliphatic heterocycles. The van der Waals surface area contributed by atoms with Gasteiger partial charge in [0.15, 0.2) is 5.82 Å². The molecule has 1 amide bonds. The minimum Gasteiger partial charge on any atom is -0.394 e. The zero-order chi connectivity index (χ0) is 27.7. The molecule has 2 aromatic heterocycles. The van der Waals surface area contributed by atoms with Gasteiger partial charge in [0, 0.05) is 53.6 Å². The molecule has 0 saturated carbocycles. The molecule has 0 bridgehead atoms. The Morgan fingerprint density at radius 2 is 2.03 bits per heavy atom. The molecule has 0 radical (unpaired) electrons. The number of aliphatic hydroxyl groups excluding tert-OH is 1. The quantitative estimate of drug-likeness (QED) is 0.348. The lowest BCUT2D eigenvalue weighted by atomic mass is 9.95. The molecule has 0 aliphatic carbocycles. The van der Waals surface area contributed by atoms with Crippen molar-refractivity contribution in [2.75, 3.05) is 18.1 Å². The Bertz CT molecular complexity index is 1600. The predicted molar refractivity (Wildman–Crippen MR) is 145 cm³/mol. The first-order chi connectivity index (χ1) is 18.8. The summed E-state index contributed by atoms with van der Waals surface area (Å²) in [6, 6.07) is 13.5. The number of amides is 1. The summed E-state index contributed by atoms with van der Waals surface area (Å²) in [7, 11) is 0. The SMILES string of the molecule is Cc1cccc(F)c1-c1ncc(-c2ccc(-c3cnccc3C#N)cc2N2C[C@@H](N)C[C@H]2CO)c(C(N)=O)n1. The second-order valence-electron chi connectivity index (χ2n) is 9.50.